The highest BCUT2D eigenvalue weighted by Crippen LogP contribution is 2.38. The highest BCUT2D eigenvalue weighted by Gasteiger charge is 2.33. The molecule has 0 unspecified atom stereocenters. The molecule has 0 spiro atoms. The minimum Gasteiger partial charge on any atom is -0.490 e. The quantitative estimate of drug-likeness (QED) is 0.282. The van der Waals surface area contributed by atoms with E-state index in [-0.39, 0.29) is 12.2 Å². The molecule has 3 aromatic carbocycles. The fourth-order valence-electron chi connectivity index (χ4n) is 3.69. The van der Waals surface area contributed by atoms with E-state index < -0.39 is 11.9 Å². The molecular weight excluding hydrogens is 487 g/mol. The molecule has 0 atom stereocenters. The standard InChI is InChI=1S/C27H24Cl2N2O4/c1-3-34-24-14-20(12-22(29)25(24)35-16-19-6-4-5-17(2)11-19)13-23-26(32)31(27(33)30-23)15-18-7-9-21(28)10-8-18/h4-14H,3,15-16H2,1-2H3,(H,30,33)/b23-13-. The van der Waals surface area contributed by atoms with Crippen LogP contribution in [0.15, 0.2) is 66.4 Å². The van der Waals surface area contributed by atoms with Gasteiger partial charge >= 0.3 is 6.03 Å². The maximum Gasteiger partial charge on any atom is 0.329 e. The van der Waals surface area contributed by atoms with Gasteiger partial charge in [-0.25, -0.2) is 4.79 Å². The van der Waals surface area contributed by atoms with Crippen LogP contribution < -0.4 is 14.8 Å². The minimum absolute atomic E-state index is 0.135. The van der Waals surface area contributed by atoms with Gasteiger partial charge in [-0.05, 0) is 60.9 Å². The minimum atomic E-state index is -0.495. The number of amides is 3. The summed E-state index contributed by atoms with van der Waals surface area (Å²) in [6.45, 7) is 4.75. The molecule has 1 N–H and O–H groups in total. The highest BCUT2D eigenvalue weighted by molar-refractivity contribution is 6.32. The lowest BCUT2D eigenvalue weighted by atomic mass is 10.1. The molecular formula is C27H24Cl2N2O4. The second kappa shape index (κ2) is 10.8. The Bertz CT molecular complexity index is 1290. The number of aryl methyl sites for hydroxylation is 1. The number of nitrogens with zero attached hydrogens (tertiary/aromatic N) is 1. The van der Waals surface area contributed by atoms with Crippen LogP contribution in [-0.2, 0) is 17.9 Å². The molecule has 1 saturated heterocycles. The normalized spacial score (nSPS) is 14.4. The Morgan fingerprint density at radius 1 is 0.971 bits per heavy atom. The molecule has 0 aromatic heterocycles. The summed E-state index contributed by atoms with van der Waals surface area (Å²) in [5.74, 6) is 0.441. The van der Waals surface area contributed by atoms with Crippen LogP contribution in [0.3, 0.4) is 0 Å². The Kier molecular flexibility index (Phi) is 7.63. The molecule has 8 heteroatoms. The van der Waals surface area contributed by atoms with Gasteiger partial charge in [0.15, 0.2) is 11.5 Å². The number of carbonyl (C=O) groups excluding carboxylic acids is 2. The molecule has 35 heavy (non-hydrogen) atoms. The van der Waals surface area contributed by atoms with Crippen molar-refractivity contribution in [3.8, 4) is 11.5 Å². The number of nitrogens with one attached hydrogen (secondary N) is 1. The van der Waals surface area contributed by atoms with E-state index in [1.807, 2.05) is 38.1 Å². The molecule has 4 rings (SSSR count). The molecule has 0 bridgehead atoms. The third kappa shape index (κ3) is 5.96. The summed E-state index contributed by atoms with van der Waals surface area (Å²) >= 11 is 12.5. The zero-order valence-electron chi connectivity index (χ0n) is 19.3. The van der Waals surface area contributed by atoms with E-state index in [2.05, 4.69) is 5.32 Å². The number of carbonyl (C=O) groups is 2. The first-order chi connectivity index (χ1) is 16.8. The predicted molar refractivity (Wildman–Crippen MR) is 137 cm³/mol. The molecule has 3 aromatic rings. The van der Waals surface area contributed by atoms with Gasteiger partial charge in [-0.2, -0.15) is 0 Å². The molecule has 0 aliphatic carbocycles. The zero-order chi connectivity index (χ0) is 24.9. The van der Waals surface area contributed by atoms with Crippen molar-refractivity contribution < 1.29 is 19.1 Å². The molecule has 3 amide bonds. The van der Waals surface area contributed by atoms with Crippen molar-refractivity contribution >= 4 is 41.2 Å². The van der Waals surface area contributed by atoms with E-state index in [0.29, 0.717) is 40.3 Å². The molecule has 0 saturated carbocycles. The second-order valence-corrected chi connectivity index (χ2v) is 8.89. The van der Waals surface area contributed by atoms with E-state index in [0.717, 1.165) is 21.6 Å². The van der Waals surface area contributed by atoms with Gasteiger partial charge in [-0.15, -0.1) is 0 Å². The number of ether oxygens (including phenoxy) is 2. The molecule has 0 radical (unpaired) electrons. The Morgan fingerprint density at radius 2 is 1.74 bits per heavy atom. The lowest BCUT2D eigenvalue weighted by molar-refractivity contribution is -0.123. The van der Waals surface area contributed by atoms with E-state index in [1.165, 1.54) is 0 Å². The van der Waals surface area contributed by atoms with E-state index in [9.17, 15) is 9.59 Å². The molecule has 6 nitrogen and oxygen atoms in total. The van der Waals surface area contributed by atoms with Crippen LogP contribution in [0.2, 0.25) is 10.0 Å². The maximum atomic E-state index is 12.9. The largest absolute Gasteiger partial charge is 0.490 e. The van der Waals surface area contributed by atoms with Crippen molar-refractivity contribution in [3.63, 3.8) is 0 Å². The maximum absolute atomic E-state index is 12.9. The summed E-state index contributed by atoms with van der Waals surface area (Å²) in [6, 6.07) is 17.9. The number of rotatable bonds is 8. The van der Waals surface area contributed by atoms with Crippen molar-refractivity contribution in [3.05, 3.63) is 98.7 Å². The first kappa shape index (κ1) is 24.6. The van der Waals surface area contributed by atoms with E-state index in [1.54, 1.807) is 42.5 Å². The van der Waals surface area contributed by atoms with Crippen molar-refractivity contribution in [1.82, 2.24) is 10.2 Å². The summed E-state index contributed by atoms with van der Waals surface area (Å²) in [7, 11) is 0. The van der Waals surface area contributed by atoms with Crippen molar-refractivity contribution in [2.75, 3.05) is 6.61 Å². The third-order valence-electron chi connectivity index (χ3n) is 5.32. The van der Waals surface area contributed by atoms with Crippen LogP contribution >= 0.6 is 23.2 Å². The van der Waals surface area contributed by atoms with Gasteiger partial charge in [-0.1, -0.05) is 65.2 Å². The van der Waals surface area contributed by atoms with Gasteiger partial charge in [-0.3, -0.25) is 9.69 Å². The van der Waals surface area contributed by atoms with Crippen LogP contribution in [-0.4, -0.2) is 23.4 Å². The lowest BCUT2D eigenvalue weighted by Gasteiger charge is -2.15. The fraction of sp³-hybridized carbons (Fsp3) is 0.185. The summed E-state index contributed by atoms with van der Waals surface area (Å²) in [5.41, 5.74) is 3.68. The Morgan fingerprint density at radius 3 is 2.46 bits per heavy atom. The molecule has 180 valence electrons. The van der Waals surface area contributed by atoms with Crippen molar-refractivity contribution in [2.45, 2.75) is 27.0 Å². The smallest absolute Gasteiger partial charge is 0.329 e. The number of benzene rings is 3. The number of hydrogen-bond acceptors (Lipinski definition) is 4. The van der Waals surface area contributed by atoms with Gasteiger partial charge < -0.3 is 14.8 Å². The summed E-state index contributed by atoms with van der Waals surface area (Å²) in [6.07, 6.45) is 1.57. The Labute approximate surface area is 214 Å². The first-order valence-electron chi connectivity index (χ1n) is 11.1. The third-order valence-corrected chi connectivity index (χ3v) is 5.86. The highest BCUT2D eigenvalue weighted by atomic mass is 35.5. The van der Waals surface area contributed by atoms with Crippen molar-refractivity contribution in [1.29, 1.82) is 0 Å². The molecule has 1 aliphatic rings. The number of hydrogen-bond donors (Lipinski definition) is 1. The van der Waals surface area contributed by atoms with Crippen LogP contribution in [0.5, 0.6) is 11.5 Å². The summed E-state index contributed by atoms with van der Waals surface area (Å²) in [4.78, 5) is 26.5. The molecule has 1 aliphatic heterocycles. The fourth-order valence-corrected chi connectivity index (χ4v) is 4.09. The second-order valence-electron chi connectivity index (χ2n) is 8.05. The van der Waals surface area contributed by atoms with Crippen LogP contribution in [0, 0.1) is 6.92 Å². The summed E-state index contributed by atoms with van der Waals surface area (Å²) in [5, 5.41) is 3.55. The number of halogens is 2. The SMILES string of the molecule is CCOc1cc(/C=C2\NC(=O)N(Cc3ccc(Cl)cc3)C2=O)cc(Cl)c1OCc1cccc(C)c1. The average Bonchev–Trinajstić information content (AvgIpc) is 3.07. The van der Waals surface area contributed by atoms with Gasteiger partial charge in [0.2, 0.25) is 0 Å². The zero-order valence-corrected chi connectivity index (χ0v) is 20.8. The first-order valence-corrected chi connectivity index (χ1v) is 11.8. The van der Waals surface area contributed by atoms with Crippen molar-refractivity contribution in [2.24, 2.45) is 0 Å². The molecule has 1 heterocycles. The number of imide groups is 1. The molecule has 1 fully saturated rings. The Balaban J connectivity index is 1.55. The van der Waals surface area contributed by atoms with Gasteiger partial charge in [0.1, 0.15) is 12.3 Å². The average molecular weight is 511 g/mol. The van der Waals surface area contributed by atoms with E-state index >= 15 is 0 Å². The van der Waals surface area contributed by atoms with Crippen LogP contribution in [0.25, 0.3) is 6.08 Å². The lowest BCUT2D eigenvalue weighted by Crippen LogP contribution is -2.30. The van der Waals surface area contributed by atoms with Gasteiger partial charge in [0.25, 0.3) is 5.91 Å². The monoisotopic (exact) mass is 510 g/mol. The van der Waals surface area contributed by atoms with E-state index in [4.69, 9.17) is 32.7 Å². The Hall–Kier alpha value is -3.48. The van der Waals surface area contributed by atoms with Gasteiger partial charge in [0.05, 0.1) is 18.2 Å². The summed E-state index contributed by atoms with van der Waals surface area (Å²) < 4.78 is 11.7. The number of urea groups is 1. The predicted octanol–water partition coefficient (Wildman–Crippen LogP) is 6.37. The topological polar surface area (TPSA) is 67.9 Å². The van der Waals surface area contributed by atoms with Gasteiger partial charge in [0, 0.05) is 5.02 Å². The van der Waals surface area contributed by atoms with Crippen LogP contribution in [0.1, 0.15) is 29.2 Å². The van der Waals surface area contributed by atoms with Crippen LogP contribution in [0.4, 0.5) is 4.79 Å².